The Balaban J connectivity index is 1.57. The maximum atomic E-state index is 14.5. The predicted molar refractivity (Wildman–Crippen MR) is 131 cm³/mol. The van der Waals surface area contributed by atoms with Gasteiger partial charge >= 0.3 is 0 Å². The molecule has 0 saturated carbocycles. The highest BCUT2D eigenvalue weighted by atomic mass is 19.1. The van der Waals surface area contributed by atoms with Gasteiger partial charge < -0.3 is 19.7 Å². The number of halogens is 1. The Morgan fingerprint density at radius 3 is 2.40 bits per heavy atom. The van der Waals surface area contributed by atoms with Crippen molar-refractivity contribution in [1.82, 2.24) is 10.2 Å². The fourth-order valence-corrected chi connectivity index (χ4v) is 4.17. The van der Waals surface area contributed by atoms with E-state index in [0.29, 0.717) is 43.1 Å². The second-order valence-corrected chi connectivity index (χ2v) is 8.41. The molecule has 0 aliphatic carbocycles. The van der Waals surface area contributed by atoms with E-state index in [2.05, 4.69) is 5.32 Å². The summed E-state index contributed by atoms with van der Waals surface area (Å²) in [4.78, 5) is 28.0. The number of ether oxygens (including phenoxy) is 2. The molecule has 0 fully saturated rings. The zero-order valence-corrected chi connectivity index (χ0v) is 19.7. The van der Waals surface area contributed by atoms with Gasteiger partial charge in [-0.2, -0.15) is 0 Å². The third kappa shape index (κ3) is 6.18. The van der Waals surface area contributed by atoms with E-state index in [1.165, 1.54) is 11.0 Å². The van der Waals surface area contributed by atoms with Gasteiger partial charge in [0.15, 0.2) is 11.5 Å². The number of hydrogen-bond acceptors (Lipinski definition) is 4. The molecule has 1 heterocycles. The molecule has 0 saturated heterocycles. The maximum Gasteiger partial charge on any atom is 0.242 e. The highest BCUT2D eigenvalue weighted by molar-refractivity contribution is 5.88. The molecule has 182 valence electrons. The standard InChI is InChI=1S/C28H29FN2O4/c1-30-28(33)24(17-20-7-3-2-4-8-20)31(19-22-9-5-6-10-23(22)29)27(32)14-12-21-11-13-25-26(18-21)35-16-15-34-25/h2-11,13,18,24H,12,14-17,19H2,1H3,(H,30,33)/t24-/m1/s1. The minimum Gasteiger partial charge on any atom is -0.486 e. The molecular formula is C28H29FN2O4. The Morgan fingerprint density at radius 2 is 1.66 bits per heavy atom. The molecule has 1 aliphatic heterocycles. The highest BCUT2D eigenvalue weighted by Crippen LogP contribution is 2.31. The lowest BCUT2D eigenvalue weighted by Crippen LogP contribution is -2.49. The number of hydrogen-bond donors (Lipinski definition) is 1. The van der Waals surface area contributed by atoms with Gasteiger partial charge in [0.05, 0.1) is 0 Å². The number of nitrogens with one attached hydrogen (secondary N) is 1. The molecule has 7 heteroatoms. The lowest BCUT2D eigenvalue weighted by molar-refractivity contribution is -0.141. The summed E-state index contributed by atoms with van der Waals surface area (Å²) in [6, 6.07) is 20.7. The molecule has 1 N–H and O–H groups in total. The van der Waals surface area contributed by atoms with E-state index in [0.717, 1.165) is 11.1 Å². The number of carbonyl (C=O) groups excluding carboxylic acids is 2. The fourth-order valence-electron chi connectivity index (χ4n) is 4.17. The summed E-state index contributed by atoms with van der Waals surface area (Å²) in [7, 11) is 1.54. The van der Waals surface area contributed by atoms with Crippen LogP contribution in [0.2, 0.25) is 0 Å². The van der Waals surface area contributed by atoms with Crippen LogP contribution < -0.4 is 14.8 Å². The number of carbonyl (C=O) groups is 2. The van der Waals surface area contributed by atoms with Crippen molar-refractivity contribution in [3.05, 3.63) is 95.3 Å². The molecule has 0 bridgehead atoms. The first kappa shape index (κ1) is 24.3. The van der Waals surface area contributed by atoms with E-state index in [1.807, 2.05) is 48.5 Å². The minimum absolute atomic E-state index is 0.00241. The maximum absolute atomic E-state index is 14.5. The summed E-state index contributed by atoms with van der Waals surface area (Å²) in [6.07, 6.45) is 0.941. The average Bonchev–Trinajstić information content (AvgIpc) is 2.90. The van der Waals surface area contributed by atoms with Crippen LogP contribution in [-0.4, -0.2) is 43.0 Å². The first-order valence-corrected chi connectivity index (χ1v) is 11.7. The fraction of sp³-hybridized carbons (Fsp3) is 0.286. The number of rotatable bonds is 9. The van der Waals surface area contributed by atoms with E-state index in [-0.39, 0.29) is 24.8 Å². The topological polar surface area (TPSA) is 67.9 Å². The zero-order chi connectivity index (χ0) is 24.6. The number of fused-ring (bicyclic) bond motifs is 1. The summed E-state index contributed by atoms with van der Waals surface area (Å²) >= 11 is 0. The normalized spacial score (nSPS) is 13.1. The van der Waals surface area contributed by atoms with Gasteiger partial charge in [0.25, 0.3) is 0 Å². The van der Waals surface area contributed by atoms with Crippen LogP contribution in [0.5, 0.6) is 11.5 Å². The minimum atomic E-state index is -0.783. The summed E-state index contributed by atoms with van der Waals surface area (Å²) in [5, 5.41) is 2.67. The van der Waals surface area contributed by atoms with E-state index in [4.69, 9.17) is 9.47 Å². The molecule has 0 spiro atoms. The molecule has 3 aromatic carbocycles. The van der Waals surface area contributed by atoms with E-state index < -0.39 is 11.9 Å². The monoisotopic (exact) mass is 476 g/mol. The molecule has 3 aromatic rings. The lowest BCUT2D eigenvalue weighted by Gasteiger charge is -2.31. The van der Waals surface area contributed by atoms with Crippen molar-refractivity contribution < 1.29 is 23.5 Å². The van der Waals surface area contributed by atoms with Crippen LogP contribution in [0.25, 0.3) is 0 Å². The molecule has 0 radical (unpaired) electrons. The number of amides is 2. The quantitative estimate of drug-likeness (QED) is 0.509. The van der Waals surface area contributed by atoms with E-state index in [1.54, 1.807) is 25.2 Å². The Morgan fingerprint density at radius 1 is 0.943 bits per heavy atom. The second kappa shape index (κ2) is 11.5. The van der Waals surface area contributed by atoms with Crippen LogP contribution in [0.15, 0.2) is 72.8 Å². The molecule has 0 aromatic heterocycles. The van der Waals surface area contributed by atoms with Crippen molar-refractivity contribution in [2.45, 2.75) is 31.8 Å². The smallest absolute Gasteiger partial charge is 0.242 e. The molecule has 6 nitrogen and oxygen atoms in total. The Kier molecular flexibility index (Phi) is 7.98. The van der Waals surface area contributed by atoms with Gasteiger partial charge in [0.1, 0.15) is 25.1 Å². The van der Waals surface area contributed by atoms with Gasteiger partial charge in [0, 0.05) is 32.0 Å². The van der Waals surface area contributed by atoms with Crippen LogP contribution in [-0.2, 0) is 29.0 Å². The lowest BCUT2D eigenvalue weighted by atomic mass is 10.0. The summed E-state index contributed by atoms with van der Waals surface area (Å²) in [6.45, 7) is 0.995. The Bertz CT molecular complexity index is 1170. The van der Waals surface area contributed by atoms with Gasteiger partial charge in [0.2, 0.25) is 11.8 Å². The van der Waals surface area contributed by atoms with Crippen LogP contribution in [0.3, 0.4) is 0 Å². The van der Waals surface area contributed by atoms with Gasteiger partial charge in [-0.1, -0.05) is 54.6 Å². The number of benzene rings is 3. The highest BCUT2D eigenvalue weighted by Gasteiger charge is 2.30. The molecule has 35 heavy (non-hydrogen) atoms. The van der Waals surface area contributed by atoms with Crippen LogP contribution in [0.4, 0.5) is 4.39 Å². The molecule has 1 aliphatic rings. The summed E-state index contributed by atoms with van der Waals surface area (Å²) in [5.74, 6) is 0.421. The zero-order valence-electron chi connectivity index (χ0n) is 19.7. The molecular weight excluding hydrogens is 447 g/mol. The van der Waals surface area contributed by atoms with Crippen LogP contribution in [0.1, 0.15) is 23.1 Å². The van der Waals surface area contributed by atoms with Gasteiger partial charge in [-0.3, -0.25) is 9.59 Å². The van der Waals surface area contributed by atoms with Crippen molar-refractivity contribution in [2.75, 3.05) is 20.3 Å². The van der Waals surface area contributed by atoms with Crippen molar-refractivity contribution >= 4 is 11.8 Å². The first-order chi connectivity index (χ1) is 17.0. The SMILES string of the molecule is CNC(=O)[C@@H](Cc1ccccc1)N(Cc1ccccc1F)C(=O)CCc1ccc2c(c1)OCCO2. The first-order valence-electron chi connectivity index (χ1n) is 11.7. The van der Waals surface area contributed by atoms with Crippen molar-refractivity contribution in [2.24, 2.45) is 0 Å². The third-order valence-electron chi connectivity index (χ3n) is 6.05. The predicted octanol–water partition coefficient (Wildman–Crippen LogP) is 3.92. The summed E-state index contributed by atoms with van der Waals surface area (Å²) < 4.78 is 25.7. The van der Waals surface area contributed by atoms with Crippen LogP contribution in [0, 0.1) is 5.82 Å². The number of nitrogens with zero attached hydrogens (tertiary/aromatic N) is 1. The summed E-state index contributed by atoms with van der Waals surface area (Å²) in [5.41, 5.74) is 2.20. The van der Waals surface area contributed by atoms with Crippen molar-refractivity contribution in [1.29, 1.82) is 0 Å². The molecule has 4 rings (SSSR count). The van der Waals surface area contributed by atoms with Crippen molar-refractivity contribution in [3.8, 4) is 11.5 Å². The van der Waals surface area contributed by atoms with Crippen LogP contribution >= 0.6 is 0 Å². The third-order valence-corrected chi connectivity index (χ3v) is 6.05. The van der Waals surface area contributed by atoms with E-state index in [9.17, 15) is 14.0 Å². The Labute approximate surface area is 204 Å². The van der Waals surface area contributed by atoms with Gasteiger partial charge in [-0.25, -0.2) is 4.39 Å². The van der Waals surface area contributed by atoms with Gasteiger partial charge in [-0.15, -0.1) is 0 Å². The molecule has 2 amide bonds. The molecule has 1 atom stereocenters. The van der Waals surface area contributed by atoms with Crippen molar-refractivity contribution in [3.63, 3.8) is 0 Å². The Hall–Kier alpha value is -3.87. The van der Waals surface area contributed by atoms with Gasteiger partial charge in [-0.05, 0) is 35.7 Å². The second-order valence-electron chi connectivity index (χ2n) is 8.41. The average molecular weight is 477 g/mol. The number of likely N-dealkylation sites (N-methyl/N-ethyl adjacent to an activating group) is 1. The largest absolute Gasteiger partial charge is 0.486 e. The molecule has 0 unspecified atom stereocenters. The number of aryl methyl sites for hydroxylation is 1. The van der Waals surface area contributed by atoms with E-state index >= 15 is 0 Å².